The van der Waals surface area contributed by atoms with Crippen molar-refractivity contribution in [3.8, 4) is 17.1 Å². The molecule has 0 unspecified atom stereocenters. The van der Waals surface area contributed by atoms with Crippen molar-refractivity contribution in [1.29, 1.82) is 0 Å². The maximum Gasteiger partial charge on any atom is 0.137 e. The van der Waals surface area contributed by atoms with Gasteiger partial charge in [0, 0.05) is 22.0 Å². The SMILES string of the molecule is CCOc1ccc2oc(-c3ccc(C)cc3)cc(=Nc3cccc(Cl)c3)c2c1. The Labute approximate surface area is 168 Å². The Morgan fingerprint density at radius 3 is 2.54 bits per heavy atom. The molecule has 4 heteroatoms. The van der Waals surface area contributed by atoms with Crippen molar-refractivity contribution >= 4 is 28.3 Å². The lowest BCUT2D eigenvalue weighted by Crippen LogP contribution is -2.04. The highest BCUT2D eigenvalue weighted by Crippen LogP contribution is 2.26. The number of hydrogen-bond donors (Lipinski definition) is 0. The summed E-state index contributed by atoms with van der Waals surface area (Å²) in [6.07, 6.45) is 0. The van der Waals surface area contributed by atoms with Crippen molar-refractivity contribution in [2.75, 3.05) is 6.61 Å². The van der Waals surface area contributed by atoms with Gasteiger partial charge in [0.05, 0.1) is 17.7 Å². The maximum atomic E-state index is 6.18. The van der Waals surface area contributed by atoms with Crippen LogP contribution in [0.15, 0.2) is 82.2 Å². The summed E-state index contributed by atoms with van der Waals surface area (Å²) in [6.45, 7) is 4.63. The second kappa shape index (κ2) is 7.91. The molecule has 0 amide bonds. The van der Waals surface area contributed by atoms with E-state index in [4.69, 9.17) is 25.7 Å². The minimum absolute atomic E-state index is 0.602. The third kappa shape index (κ3) is 3.95. The van der Waals surface area contributed by atoms with Crippen molar-refractivity contribution in [3.63, 3.8) is 0 Å². The lowest BCUT2D eigenvalue weighted by molar-refractivity contribution is 0.340. The van der Waals surface area contributed by atoms with Crippen LogP contribution < -0.4 is 10.1 Å². The number of halogens is 1. The van der Waals surface area contributed by atoms with Gasteiger partial charge in [-0.3, -0.25) is 0 Å². The quantitative estimate of drug-likeness (QED) is 0.389. The molecule has 0 saturated heterocycles. The number of fused-ring (bicyclic) bond motifs is 1. The molecule has 3 nitrogen and oxygen atoms in total. The van der Waals surface area contributed by atoms with Crippen LogP contribution in [0.3, 0.4) is 0 Å². The zero-order valence-electron chi connectivity index (χ0n) is 15.8. The number of aryl methyl sites for hydroxylation is 1. The second-order valence-corrected chi connectivity index (χ2v) is 6.98. The van der Waals surface area contributed by atoms with Crippen LogP contribution in [-0.4, -0.2) is 6.61 Å². The van der Waals surface area contributed by atoms with Crippen LogP contribution in [0.2, 0.25) is 5.02 Å². The first-order chi connectivity index (χ1) is 13.6. The molecule has 0 radical (unpaired) electrons. The van der Waals surface area contributed by atoms with E-state index >= 15 is 0 Å². The lowest BCUT2D eigenvalue weighted by Gasteiger charge is -2.08. The molecule has 4 aromatic rings. The Kier molecular flexibility index (Phi) is 5.18. The molecule has 0 fully saturated rings. The molecule has 1 heterocycles. The lowest BCUT2D eigenvalue weighted by atomic mass is 10.1. The molecule has 0 aliphatic carbocycles. The van der Waals surface area contributed by atoms with Crippen LogP contribution >= 0.6 is 11.6 Å². The number of benzene rings is 3. The first-order valence-electron chi connectivity index (χ1n) is 9.20. The van der Waals surface area contributed by atoms with Gasteiger partial charge in [0.1, 0.15) is 17.1 Å². The Balaban J connectivity index is 1.97. The summed E-state index contributed by atoms with van der Waals surface area (Å²) in [5, 5.41) is 2.35. The van der Waals surface area contributed by atoms with E-state index in [1.165, 1.54) is 5.56 Å². The Morgan fingerprint density at radius 2 is 1.79 bits per heavy atom. The Morgan fingerprint density at radius 1 is 0.964 bits per heavy atom. The van der Waals surface area contributed by atoms with E-state index < -0.39 is 0 Å². The summed E-state index contributed by atoms with van der Waals surface area (Å²) >= 11 is 6.14. The van der Waals surface area contributed by atoms with Crippen LogP contribution in [0.1, 0.15) is 12.5 Å². The van der Waals surface area contributed by atoms with E-state index in [0.717, 1.165) is 39.1 Å². The standard InChI is InChI=1S/C24H20ClNO2/c1-3-27-20-11-12-23-21(14-20)22(26-19-6-4-5-18(25)13-19)15-24(28-23)17-9-7-16(2)8-10-17/h4-15H,3H2,1-2H3. The fourth-order valence-corrected chi connectivity index (χ4v) is 3.23. The van der Waals surface area contributed by atoms with Crippen LogP contribution in [0.4, 0.5) is 5.69 Å². The molecular weight excluding hydrogens is 370 g/mol. The molecule has 0 spiro atoms. The number of ether oxygens (including phenoxy) is 1. The van der Waals surface area contributed by atoms with Crippen molar-refractivity contribution in [3.05, 3.63) is 88.7 Å². The van der Waals surface area contributed by atoms with Gasteiger partial charge >= 0.3 is 0 Å². The third-order valence-electron chi connectivity index (χ3n) is 4.42. The molecule has 0 N–H and O–H groups in total. The molecule has 1 aromatic heterocycles. The van der Waals surface area contributed by atoms with Gasteiger partial charge in [-0.05, 0) is 50.2 Å². The molecule has 0 aliphatic rings. The molecule has 4 rings (SSSR count). The minimum atomic E-state index is 0.602. The molecular formula is C24H20ClNO2. The number of nitrogens with zero attached hydrogens (tertiary/aromatic N) is 1. The first-order valence-corrected chi connectivity index (χ1v) is 9.58. The largest absolute Gasteiger partial charge is 0.494 e. The average Bonchev–Trinajstić information content (AvgIpc) is 2.69. The highest BCUT2D eigenvalue weighted by atomic mass is 35.5. The average molecular weight is 390 g/mol. The molecule has 0 atom stereocenters. The molecule has 0 saturated carbocycles. The summed E-state index contributed by atoms with van der Waals surface area (Å²) in [5.74, 6) is 1.55. The van der Waals surface area contributed by atoms with E-state index in [9.17, 15) is 0 Å². The normalized spacial score (nSPS) is 11.8. The summed E-state index contributed by atoms with van der Waals surface area (Å²) in [7, 11) is 0. The van der Waals surface area contributed by atoms with E-state index in [1.54, 1.807) is 0 Å². The van der Waals surface area contributed by atoms with E-state index in [1.807, 2.05) is 55.5 Å². The van der Waals surface area contributed by atoms with Crippen LogP contribution in [0.25, 0.3) is 22.3 Å². The molecule has 140 valence electrons. The van der Waals surface area contributed by atoms with Crippen molar-refractivity contribution < 1.29 is 9.15 Å². The number of rotatable bonds is 4. The minimum Gasteiger partial charge on any atom is -0.494 e. The van der Waals surface area contributed by atoms with Gasteiger partial charge in [0.15, 0.2) is 0 Å². The zero-order chi connectivity index (χ0) is 19.5. The van der Waals surface area contributed by atoms with Gasteiger partial charge in [0.2, 0.25) is 0 Å². The summed E-state index contributed by atoms with van der Waals surface area (Å²) in [6, 6.07) is 23.5. The van der Waals surface area contributed by atoms with E-state index in [-0.39, 0.29) is 0 Å². The third-order valence-corrected chi connectivity index (χ3v) is 4.65. The second-order valence-electron chi connectivity index (χ2n) is 6.54. The van der Waals surface area contributed by atoms with Crippen LogP contribution in [-0.2, 0) is 0 Å². The van der Waals surface area contributed by atoms with E-state index in [2.05, 4.69) is 31.2 Å². The molecule has 0 bridgehead atoms. The topological polar surface area (TPSA) is 34.7 Å². The van der Waals surface area contributed by atoms with Crippen molar-refractivity contribution in [2.45, 2.75) is 13.8 Å². The predicted octanol–water partition coefficient (Wildman–Crippen LogP) is 6.69. The highest BCUT2D eigenvalue weighted by Gasteiger charge is 2.08. The fourth-order valence-electron chi connectivity index (χ4n) is 3.04. The van der Waals surface area contributed by atoms with Gasteiger partial charge < -0.3 is 9.15 Å². The summed E-state index contributed by atoms with van der Waals surface area (Å²) < 4.78 is 11.8. The molecule has 0 aliphatic heterocycles. The highest BCUT2D eigenvalue weighted by molar-refractivity contribution is 6.30. The Hall–Kier alpha value is -3.04. The maximum absolute atomic E-state index is 6.18. The van der Waals surface area contributed by atoms with Crippen LogP contribution in [0.5, 0.6) is 5.75 Å². The van der Waals surface area contributed by atoms with Crippen molar-refractivity contribution in [2.24, 2.45) is 4.99 Å². The van der Waals surface area contributed by atoms with Gasteiger partial charge in [-0.2, -0.15) is 0 Å². The van der Waals surface area contributed by atoms with Gasteiger partial charge in [0.25, 0.3) is 0 Å². The predicted molar refractivity (Wildman–Crippen MR) is 114 cm³/mol. The van der Waals surface area contributed by atoms with Gasteiger partial charge in [-0.1, -0.05) is 47.5 Å². The first kappa shape index (κ1) is 18.3. The van der Waals surface area contributed by atoms with Gasteiger partial charge in [-0.15, -0.1) is 0 Å². The zero-order valence-corrected chi connectivity index (χ0v) is 16.5. The number of hydrogen-bond acceptors (Lipinski definition) is 3. The molecule has 28 heavy (non-hydrogen) atoms. The summed E-state index contributed by atoms with van der Waals surface area (Å²) in [4.78, 5) is 4.84. The molecule has 3 aromatic carbocycles. The monoisotopic (exact) mass is 389 g/mol. The van der Waals surface area contributed by atoms with E-state index in [0.29, 0.717) is 11.6 Å². The smallest absolute Gasteiger partial charge is 0.137 e. The van der Waals surface area contributed by atoms with Crippen LogP contribution in [0, 0.1) is 6.92 Å². The summed E-state index contributed by atoms with van der Waals surface area (Å²) in [5.41, 5.74) is 3.75. The fraction of sp³-hybridized carbons (Fsp3) is 0.125. The Bertz CT molecular complexity index is 1190. The van der Waals surface area contributed by atoms with Gasteiger partial charge in [-0.25, -0.2) is 4.99 Å². The van der Waals surface area contributed by atoms with Crippen molar-refractivity contribution in [1.82, 2.24) is 0 Å².